The Balaban J connectivity index is 1.84. The molecule has 118 valence electrons. The number of hydrogen-bond donors (Lipinski definition) is 1. The van der Waals surface area contributed by atoms with Gasteiger partial charge in [-0.1, -0.05) is 38.1 Å². The van der Waals surface area contributed by atoms with E-state index in [1.807, 2.05) is 0 Å². The zero-order chi connectivity index (χ0) is 14.9. The molecule has 1 aromatic carbocycles. The zero-order valence-electron chi connectivity index (χ0n) is 13.7. The largest absolute Gasteiger partial charge is 0.378 e. The Morgan fingerprint density at radius 2 is 1.95 bits per heavy atom. The second kappa shape index (κ2) is 9.22. The number of aryl methyl sites for hydroxylation is 1. The van der Waals surface area contributed by atoms with Gasteiger partial charge < -0.3 is 10.1 Å². The van der Waals surface area contributed by atoms with Gasteiger partial charge >= 0.3 is 0 Å². The van der Waals surface area contributed by atoms with Gasteiger partial charge in [0.1, 0.15) is 0 Å². The van der Waals surface area contributed by atoms with E-state index in [0.717, 1.165) is 26.0 Å². The summed E-state index contributed by atoms with van der Waals surface area (Å²) in [5.74, 6) is 0. The number of hydrogen-bond acceptors (Lipinski definition) is 2. The van der Waals surface area contributed by atoms with Crippen molar-refractivity contribution in [1.29, 1.82) is 0 Å². The number of benzene rings is 1. The third-order valence-corrected chi connectivity index (χ3v) is 4.46. The summed E-state index contributed by atoms with van der Waals surface area (Å²) >= 11 is 0. The van der Waals surface area contributed by atoms with Gasteiger partial charge in [0, 0.05) is 12.6 Å². The highest BCUT2D eigenvalue weighted by molar-refractivity contribution is 5.23. The molecule has 0 spiro atoms. The average molecular weight is 289 g/mol. The summed E-state index contributed by atoms with van der Waals surface area (Å²) in [6.45, 7) is 6.53. The van der Waals surface area contributed by atoms with E-state index in [0.29, 0.717) is 12.1 Å². The average Bonchev–Trinajstić information content (AvgIpc) is 3.04. The lowest BCUT2D eigenvalue weighted by Crippen LogP contribution is -2.32. The first-order chi connectivity index (χ1) is 10.3. The van der Waals surface area contributed by atoms with E-state index in [-0.39, 0.29) is 0 Å². The molecule has 1 heterocycles. The highest BCUT2D eigenvalue weighted by Gasteiger charge is 2.18. The molecule has 1 aromatic rings. The van der Waals surface area contributed by atoms with Crippen LogP contribution in [-0.2, 0) is 17.6 Å². The lowest BCUT2D eigenvalue weighted by atomic mass is 9.98. The summed E-state index contributed by atoms with van der Waals surface area (Å²) in [5.41, 5.74) is 2.88. The van der Waals surface area contributed by atoms with Crippen molar-refractivity contribution < 1.29 is 4.74 Å². The van der Waals surface area contributed by atoms with Crippen molar-refractivity contribution in [2.24, 2.45) is 0 Å². The van der Waals surface area contributed by atoms with E-state index in [9.17, 15) is 0 Å². The first-order valence-corrected chi connectivity index (χ1v) is 8.74. The normalized spacial score (nSPS) is 19.8. The van der Waals surface area contributed by atoms with Gasteiger partial charge in [0.25, 0.3) is 0 Å². The van der Waals surface area contributed by atoms with Crippen LogP contribution in [0.4, 0.5) is 0 Å². The van der Waals surface area contributed by atoms with Gasteiger partial charge in [-0.25, -0.2) is 0 Å². The molecule has 2 nitrogen and oxygen atoms in total. The Morgan fingerprint density at radius 3 is 2.57 bits per heavy atom. The first kappa shape index (κ1) is 16.5. The van der Waals surface area contributed by atoms with Gasteiger partial charge in [-0.15, -0.1) is 0 Å². The maximum atomic E-state index is 5.76. The van der Waals surface area contributed by atoms with E-state index in [1.165, 1.54) is 43.2 Å². The molecule has 0 bridgehead atoms. The molecule has 0 amide bonds. The van der Waals surface area contributed by atoms with Gasteiger partial charge in [-0.2, -0.15) is 0 Å². The maximum absolute atomic E-state index is 5.76. The van der Waals surface area contributed by atoms with Gasteiger partial charge in [-0.3, -0.25) is 0 Å². The SMILES string of the molecule is CCCNC(CCC1CCCO1)Cc1ccc(CC)cc1. The molecule has 0 aromatic heterocycles. The number of ether oxygens (including phenoxy) is 1. The molecule has 0 aliphatic carbocycles. The first-order valence-electron chi connectivity index (χ1n) is 8.74. The molecule has 2 heteroatoms. The summed E-state index contributed by atoms with van der Waals surface area (Å²) < 4.78 is 5.76. The fraction of sp³-hybridized carbons (Fsp3) is 0.684. The standard InChI is InChI=1S/C19H31NO/c1-3-13-20-18(11-12-19-6-5-14-21-19)15-17-9-7-16(4-2)8-10-17/h7-10,18-20H,3-6,11-15H2,1-2H3. The van der Waals surface area contributed by atoms with Crippen LogP contribution in [-0.4, -0.2) is 25.3 Å². The molecule has 1 aliphatic rings. The van der Waals surface area contributed by atoms with Crippen LogP contribution in [0.3, 0.4) is 0 Å². The van der Waals surface area contributed by atoms with Crippen LogP contribution >= 0.6 is 0 Å². The van der Waals surface area contributed by atoms with Crippen molar-refractivity contribution in [3.8, 4) is 0 Å². The minimum absolute atomic E-state index is 0.512. The minimum atomic E-state index is 0.512. The lowest BCUT2D eigenvalue weighted by Gasteiger charge is -2.20. The summed E-state index contributed by atoms with van der Waals surface area (Å²) in [6, 6.07) is 9.72. The van der Waals surface area contributed by atoms with Crippen molar-refractivity contribution in [2.75, 3.05) is 13.2 Å². The number of rotatable bonds is 9. The fourth-order valence-corrected chi connectivity index (χ4v) is 3.08. The van der Waals surface area contributed by atoms with Crippen LogP contribution in [0, 0.1) is 0 Å². The van der Waals surface area contributed by atoms with Crippen LogP contribution < -0.4 is 5.32 Å². The summed E-state index contributed by atoms with van der Waals surface area (Å²) in [4.78, 5) is 0. The molecule has 2 atom stereocenters. The molecular formula is C19H31NO. The summed E-state index contributed by atoms with van der Waals surface area (Å²) in [6.07, 6.45) is 8.90. The molecule has 1 aliphatic heterocycles. The van der Waals surface area contributed by atoms with E-state index in [1.54, 1.807) is 0 Å². The molecular weight excluding hydrogens is 258 g/mol. The highest BCUT2D eigenvalue weighted by Crippen LogP contribution is 2.19. The minimum Gasteiger partial charge on any atom is -0.378 e. The maximum Gasteiger partial charge on any atom is 0.0576 e. The predicted molar refractivity (Wildman–Crippen MR) is 89.8 cm³/mol. The van der Waals surface area contributed by atoms with Crippen LogP contribution in [0.2, 0.25) is 0 Å². The molecule has 21 heavy (non-hydrogen) atoms. The van der Waals surface area contributed by atoms with Crippen LogP contribution in [0.15, 0.2) is 24.3 Å². The summed E-state index contributed by atoms with van der Waals surface area (Å²) in [5, 5.41) is 3.71. The molecule has 2 rings (SSSR count). The Bertz CT molecular complexity index is 381. The fourth-order valence-electron chi connectivity index (χ4n) is 3.08. The van der Waals surface area contributed by atoms with Crippen molar-refractivity contribution in [3.63, 3.8) is 0 Å². The van der Waals surface area contributed by atoms with Gasteiger partial charge in [-0.05, 0) is 62.6 Å². The van der Waals surface area contributed by atoms with Crippen molar-refractivity contribution in [2.45, 2.75) is 70.9 Å². The van der Waals surface area contributed by atoms with Gasteiger partial charge in [0.2, 0.25) is 0 Å². The highest BCUT2D eigenvalue weighted by atomic mass is 16.5. The molecule has 1 N–H and O–H groups in total. The molecule has 1 saturated heterocycles. The van der Waals surface area contributed by atoms with Crippen LogP contribution in [0.1, 0.15) is 57.1 Å². The molecule has 0 saturated carbocycles. The number of nitrogens with one attached hydrogen (secondary N) is 1. The Kier molecular flexibility index (Phi) is 7.25. The molecule has 2 unspecified atom stereocenters. The van der Waals surface area contributed by atoms with Crippen molar-refractivity contribution >= 4 is 0 Å². The summed E-state index contributed by atoms with van der Waals surface area (Å²) in [7, 11) is 0. The quantitative estimate of drug-likeness (QED) is 0.738. The monoisotopic (exact) mass is 289 g/mol. The Morgan fingerprint density at radius 1 is 1.19 bits per heavy atom. The van der Waals surface area contributed by atoms with E-state index in [4.69, 9.17) is 4.74 Å². The van der Waals surface area contributed by atoms with E-state index in [2.05, 4.69) is 43.4 Å². The topological polar surface area (TPSA) is 21.3 Å². The van der Waals surface area contributed by atoms with Gasteiger partial charge in [0.05, 0.1) is 6.10 Å². The van der Waals surface area contributed by atoms with Crippen molar-refractivity contribution in [1.82, 2.24) is 5.32 Å². The van der Waals surface area contributed by atoms with Crippen LogP contribution in [0.25, 0.3) is 0 Å². The Hall–Kier alpha value is -0.860. The van der Waals surface area contributed by atoms with E-state index < -0.39 is 0 Å². The van der Waals surface area contributed by atoms with Crippen LogP contribution in [0.5, 0.6) is 0 Å². The van der Waals surface area contributed by atoms with Crippen molar-refractivity contribution in [3.05, 3.63) is 35.4 Å². The predicted octanol–water partition coefficient (Wildman–Crippen LogP) is 4.12. The molecule has 1 fully saturated rings. The van der Waals surface area contributed by atoms with Gasteiger partial charge in [0.15, 0.2) is 0 Å². The second-order valence-corrected chi connectivity index (χ2v) is 6.24. The van der Waals surface area contributed by atoms with E-state index >= 15 is 0 Å². The second-order valence-electron chi connectivity index (χ2n) is 6.24. The third-order valence-electron chi connectivity index (χ3n) is 4.46. The smallest absolute Gasteiger partial charge is 0.0576 e. The molecule has 0 radical (unpaired) electrons. The Labute approximate surface area is 130 Å². The lowest BCUT2D eigenvalue weighted by molar-refractivity contribution is 0.0995. The third kappa shape index (κ3) is 5.80. The zero-order valence-corrected chi connectivity index (χ0v) is 13.7.